The van der Waals surface area contributed by atoms with Crippen LogP contribution < -0.4 is 0 Å². The Balaban J connectivity index is 5.70. The molecule has 0 aromatic heterocycles. The first-order valence-electron chi connectivity index (χ1n) is 7.87. The van der Waals surface area contributed by atoms with E-state index in [4.69, 9.17) is 4.74 Å². The molecule has 1 unspecified atom stereocenters. The minimum absolute atomic E-state index is 0.0216. The number of ketones is 1. The third kappa shape index (κ3) is 4.56. The molecular formula is C18H32O2Si. The molecule has 0 spiro atoms. The summed E-state index contributed by atoms with van der Waals surface area (Å²) >= 11 is 0. The first-order valence-corrected chi connectivity index (χ1v) is 10.1. The highest BCUT2D eigenvalue weighted by Crippen LogP contribution is 2.40. The smallest absolute Gasteiger partial charge is 0.199 e. The van der Waals surface area contributed by atoms with Crippen LogP contribution in [0.25, 0.3) is 0 Å². The highest BCUT2D eigenvalue weighted by Gasteiger charge is 2.41. The highest BCUT2D eigenvalue weighted by atomic mass is 28.3. The van der Waals surface area contributed by atoms with Crippen LogP contribution in [0.3, 0.4) is 0 Å². The number of allylic oxidation sites excluding steroid dienone is 1. The average Bonchev–Trinajstić information content (AvgIpc) is 2.40. The van der Waals surface area contributed by atoms with Crippen molar-refractivity contribution in [3.8, 4) is 11.5 Å². The number of Topliss-reactive ketones (excluding diaryl/α,β-unsaturated/α-hetero) is 1. The van der Waals surface area contributed by atoms with E-state index < -0.39 is 14.2 Å². The van der Waals surface area contributed by atoms with Crippen molar-refractivity contribution in [2.75, 3.05) is 7.11 Å². The molecule has 0 aromatic carbocycles. The molecule has 0 rings (SSSR count). The maximum atomic E-state index is 12.3. The zero-order chi connectivity index (χ0) is 16.8. The summed E-state index contributed by atoms with van der Waals surface area (Å²) in [6.07, 6.45) is 1.18. The number of carbonyl (C=O) groups is 1. The second kappa shape index (κ2) is 8.56. The predicted octanol–water partition coefficient (Wildman–Crippen LogP) is 4.76. The first kappa shape index (κ1) is 20.1. The molecule has 2 nitrogen and oxygen atoms in total. The van der Waals surface area contributed by atoms with Crippen LogP contribution in [0.1, 0.15) is 55.4 Å². The topological polar surface area (TPSA) is 26.3 Å². The van der Waals surface area contributed by atoms with E-state index in [1.165, 1.54) is 0 Å². The fraction of sp³-hybridized carbons (Fsp3) is 0.722. The molecule has 0 saturated carbocycles. The van der Waals surface area contributed by atoms with Crippen molar-refractivity contribution in [2.45, 2.75) is 78.1 Å². The number of carbonyl (C=O) groups excluding carboxylic acids is 1. The van der Waals surface area contributed by atoms with Gasteiger partial charge in [-0.15, -0.1) is 5.54 Å². The Kier molecular flexibility index (Phi) is 8.21. The average molecular weight is 309 g/mol. The van der Waals surface area contributed by atoms with Gasteiger partial charge in [0.1, 0.15) is 8.07 Å². The van der Waals surface area contributed by atoms with Crippen LogP contribution in [0.2, 0.25) is 16.6 Å². The molecule has 0 aliphatic rings. The van der Waals surface area contributed by atoms with Crippen LogP contribution >= 0.6 is 0 Å². The van der Waals surface area contributed by atoms with E-state index >= 15 is 0 Å². The second-order valence-electron chi connectivity index (χ2n) is 6.62. The maximum absolute atomic E-state index is 12.3. The Morgan fingerprint density at radius 3 is 1.76 bits per heavy atom. The molecule has 0 bridgehead atoms. The first-order chi connectivity index (χ1) is 9.64. The summed E-state index contributed by atoms with van der Waals surface area (Å²) in [6.45, 7) is 17.3. The summed E-state index contributed by atoms with van der Waals surface area (Å²) in [4.78, 5) is 12.3. The molecule has 21 heavy (non-hydrogen) atoms. The van der Waals surface area contributed by atoms with Crippen LogP contribution in [0.5, 0.6) is 0 Å². The second-order valence-corrected chi connectivity index (χ2v) is 12.2. The van der Waals surface area contributed by atoms with Gasteiger partial charge in [0.2, 0.25) is 0 Å². The quantitative estimate of drug-likeness (QED) is 0.402. The lowest BCUT2D eigenvalue weighted by atomic mass is 10.1. The van der Waals surface area contributed by atoms with E-state index in [0.29, 0.717) is 22.2 Å². The van der Waals surface area contributed by atoms with Crippen molar-refractivity contribution < 1.29 is 9.53 Å². The lowest BCUT2D eigenvalue weighted by molar-refractivity contribution is -0.122. The van der Waals surface area contributed by atoms with Gasteiger partial charge in [0.15, 0.2) is 11.9 Å². The molecule has 0 saturated heterocycles. The van der Waals surface area contributed by atoms with Gasteiger partial charge in [0.25, 0.3) is 0 Å². The van der Waals surface area contributed by atoms with E-state index in [1.54, 1.807) is 7.11 Å². The summed E-state index contributed by atoms with van der Waals surface area (Å²) < 4.78 is 5.33. The molecule has 0 aromatic rings. The van der Waals surface area contributed by atoms with Gasteiger partial charge in [-0.3, -0.25) is 4.79 Å². The molecular weight excluding hydrogens is 276 g/mol. The number of hydrogen-bond acceptors (Lipinski definition) is 2. The van der Waals surface area contributed by atoms with Gasteiger partial charge >= 0.3 is 0 Å². The summed E-state index contributed by atoms with van der Waals surface area (Å²) in [6, 6.07) is 0. The van der Waals surface area contributed by atoms with Gasteiger partial charge in [-0.25, -0.2) is 0 Å². The summed E-state index contributed by atoms with van der Waals surface area (Å²) in [5.74, 6) is 3.15. The van der Waals surface area contributed by atoms with Crippen molar-refractivity contribution in [1.82, 2.24) is 0 Å². The van der Waals surface area contributed by atoms with Crippen molar-refractivity contribution in [1.29, 1.82) is 0 Å². The van der Waals surface area contributed by atoms with Crippen molar-refractivity contribution in [3.63, 3.8) is 0 Å². The van der Waals surface area contributed by atoms with Crippen LogP contribution in [0, 0.1) is 11.5 Å². The van der Waals surface area contributed by atoms with E-state index in [0.717, 1.165) is 0 Å². The van der Waals surface area contributed by atoms with Crippen LogP contribution in [-0.2, 0) is 9.53 Å². The normalized spacial score (nSPS) is 14.4. The Bertz CT molecular complexity index is 414. The Morgan fingerprint density at radius 1 is 1.05 bits per heavy atom. The van der Waals surface area contributed by atoms with Crippen molar-refractivity contribution >= 4 is 13.9 Å². The number of methoxy groups -OCH3 is 1. The molecule has 0 radical (unpaired) electrons. The fourth-order valence-electron chi connectivity index (χ4n) is 3.20. The van der Waals surface area contributed by atoms with Gasteiger partial charge in [-0.05, 0) is 36.0 Å². The third-order valence-corrected chi connectivity index (χ3v) is 10.9. The van der Waals surface area contributed by atoms with E-state index in [-0.39, 0.29) is 5.78 Å². The zero-order valence-corrected chi connectivity index (χ0v) is 16.2. The van der Waals surface area contributed by atoms with Gasteiger partial charge in [-0.1, -0.05) is 53.5 Å². The van der Waals surface area contributed by atoms with Crippen molar-refractivity contribution in [3.05, 3.63) is 11.6 Å². The van der Waals surface area contributed by atoms with Gasteiger partial charge < -0.3 is 4.74 Å². The minimum atomic E-state index is -1.81. The van der Waals surface area contributed by atoms with Crippen LogP contribution in [-0.4, -0.2) is 27.1 Å². The molecule has 0 fully saturated rings. The summed E-state index contributed by atoms with van der Waals surface area (Å²) in [7, 11) is -0.251. The number of ether oxygens (including phenoxy) is 1. The van der Waals surface area contributed by atoms with Gasteiger partial charge in [0.05, 0.1) is 0 Å². The third-order valence-electron chi connectivity index (χ3n) is 4.58. The van der Waals surface area contributed by atoms with Gasteiger partial charge in [-0.2, -0.15) is 0 Å². The van der Waals surface area contributed by atoms with Crippen molar-refractivity contribution in [2.24, 2.45) is 0 Å². The molecule has 1 atom stereocenters. The van der Waals surface area contributed by atoms with Crippen LogP contribution in [0.4, 0.5) is 0 Å². The summed E-state index contributed by atoms with van der Waals surface area (Å²) in [5, 5.41) is 0. The largest absolute Gasteiger partial charge is 0.361 e. The zero-order valence-electron chi connectivity index (χ0n) is 15.2. The lowest BCUT2D eigenvalue weighted by Crippen LogP contribution is -2.43. The minimum Gasteiger partial charge on any atom is -0.361 e. The van der Waals surface area contributed by atoms with Crippen LogP contribution in [0.15, 0.2) is 11.6 Å². The fourth-order valence-corrected chi connectivity index (χ4v) is 8.45. The molecule has 120 valence electrons. The molecule has 3 heteroatoms. The maximum Gasteiger partial charge on any atom is 0.199 e. The lowest BCUT2D eigenvalue weighted by Gasteiger charge is -2.38. The number of rotatable bonds is 6. The molecule has 0 amide bonds. The van der Waals surface area contributed by atoms with E-state index in [9.17, 15) is 4.79 Å². The number of hydrogen-bond donors (Lipinski definition) is 0. The monoisotopic (exact) mass is 308 g/mol. The van der Waals surface area contributed by atoms with Gasteiger partial charge in [0, 0.05) is 7.11 Å². The predicted molar refractivity (Wildman–Crippen MR) is 94.1 cm³/mol. The SMILES string of the molecule is C/C=C(\C)C(=O)C(C#C[Si](C(C)C)(C(C)C)C(C)C)OC. The standard InChI is InChI=1S/C18H32O2Si/c1-10-16(8)18(19)17(20-9)11-12-21(13(2)3,14(4)5)15(6)7/h10,13-15,17H,1-9H3/b16-10+. The molecule has 0 N–H and O–H groups in total. The Hall–Kier alpha value is -0.853. The Morgan fingerprint density at radius 2 is 1.48 bits per heavy atom. The van der Waals surface area contributed by atoms with E-state index in [2.05, 4.69) is 53.0 Å². The molecule has 0 heterocycles. The van der Waals surface area contributed by atoms with E-state index in [1.807, 2.05) is 19.9 Å². The molecule has 0 aliphatic carbocycles. The highest BCUT2D eigenvalue weighted by molar-refractivity contribution is 6.90. The summed E-state index contributed by atoms with van der Waals surface area (Å²) in [5.41, 5.74) is 5.94. The molecule has 0 aliphatic heterocycles. The Labute approximate surface area is 132 Å².